The highest BCUT2D eigenvalue weighted by Crippen LogP contribution is 2.27. The minimum absolute atomic E-state index is 0.0465. The summed E-state index contributed by atoms with van der Waals surface area (Å²) in [5, 5.41) is 9.46. The molecule has 0 bridgehead atoms. The Kier molecular flexibility index (Phi) is 7.18. The minimum atomic E-state index is -1.38. The molecular formula is C16H24Cl2N2O3. The highest BCUT2D eigenvalue weighted by Gasteiger charge is 2.31. The molecule has 0 aromatic carbocycles. The summed E-state index contributed by atoms with van der Waals surface area (Å²) < 4.78 is 0. The predicted octanol–water partition coefficient (Wildman–Crippen LogP) is 3.76. The van der Waals surface area contributed by atoms with E-state index in [0.717, 1.165) is 51.4 Å². The largest absolute Gasteiger partial charge is 0.477 e. The zero-order valence-electron chi connectivity index (χ0n) is 13.2. The van der Waals surface area contributed by atoms with Crippen LogP contribution in [0.4, 0.5) is 0 Å². The molecule has 0 spiro atoms. The standard InChI is InChI=1S/C16H24Cl2N2O3/c17-13(14(18)16(22)23)15(21)20(12-9-5-2-6-10-12)19-11-7-3-1-4-8-11/h11-12,19H,1-10H2,(H,22,23). The highest BCUT2D eigenvalue weighted by molar-refractivity contribution is 6.53. The van der Waals surface area contributed by atoms with Crippen molar-refractivity contribution in [3.8, 4) is 0 Å². The SMILES string of the molecule is O=C(O)C(Cl)=C(Cl)C(=O)N(NC1CCCCC1)C1CCCCC1. The number of halogens is 2. The monoisotopic (exact) mass is 362 g/mol. The number of aliphatic carboxylic acids is 1. The molecule has 0 heterocycles. The molecule has 23 heavy (non-hydrogen) atoms. The number of carboxylic acid groups (broad SMARTS) is 1. The third kappa shape index (κ3) is 5.10. The summed E-state index contributed by atoms with van der Waals surface area (Å²) in [7, 11) is 0. The maximum absolute atomic E-state index is 12.7. The smallest absolute Gasteiger partial charge is 0.349 e. The third-order valence-electron chi connectivity index (χ3n) is 4.65. The Balaban J connectivity index is 2.15. The normalized spacial score (nSPS) is 21.7. The first-order valence-corrected chi connectivity index (χ1v) is 9.14. The number of amides is 1. The van der Waals surface area contributed by atoms with Gasteiger partial charge in [-0.2, -0.15) is 0 Å². The number of hydrogen-bond acceptors (Lipinski definition) is 3. The minimum Gasteiger partial charge on any atom is -0.477 e. The van der Waals surface area contributed by atoms with Crippen LogP contribution in [0.2, 0.25) is 0 Å². The fourth-order valence-corrected chi connectivity index (χ4v) is 3.64. The summed E-state index contributed by atoms with van der Waals surface area (Å²) >= 11 is 11.6. The number of hydrazine groups is 1. The van der Waals surface area contributed by atoms with Gasteiger partial charge in [0.15, 0.2) is 0 Å². The van der Waals surface area contributed by atoms with Gasteiger partial charge < -0.3 is 5.11 Å². The van der Waals surface area contributed by atoms with Crippen LogP contribution in [0.3, 0.4) is 0 Å². The molecule has 0 atom stereocenters. The van der Waals surface area contributed by atoms with E-state index in [-0.39, 0.29) is 12.1 Å². The second-order valence-electron chi connectivity index (χ2n) is 6.36. The molecule has 2 N–H and O–H groups in total. The van der Waals surface area contributed by atoms with Gasteiger partial charge in [-0.3, -0.25) is 9.80 Å². The van der Waals surface area contributed by atoms with Crippen molar-refractivity contribution in [2.45, 2.75) is 76.3 Å². The number of nitrogens with one attached hydrogen (secondary N) is 1. The maximum Gasteiger partial charge on any atom is 0.349 e. The lowest BCUT2D eigenvalue weighted by Gasteiger charge is -2.38. The van der Waals surface area contributed by atoms with Crippen LogP contribution in [0.25, 0.3) is 0 Å². The Morgan fingerprint density at radius 3 is 1.91 bits per heavy atom. The van der Waals surface area contributed by atoms with Gasteiger partial charge in [-0.15, -0.1) is 0 Å². The fourth-order valence-electron chi connectivity index (χ4n) is 3.39. The first-order chi connectivity index (χ1) is 11.0. The van der Waals surface area contributed by atoms with Gasteiger partial charge >= 0.3 is 5.97 Å². The van der Waals surface area contributed by atoms with Gasteiger partial charge in [0.25, 0.3) is 5.91 Å². The van der Waals surface area contributed by atoms with Crippen LogP contribution < -0.4 is 5.43 Å². The van der Waals surface area contributed by atoms with Gasteiger partial charge in [-0.1, -0.05) is 61.7 Å². The van der Waals surface area contributed by atoms with E-state index in [1.165, 1.54) is 12.8 Å². The Hall–Kier alpha value is -0.780. The topological polar surface area (TPSA) is 69.6 Å². The number of hydrogen-bond donors (Lipinski definition) is 2. The van der Waals surface area contributed by atoms with Gasteiger partial charge in [-0.05, 0) is 25.7 Å². The van der Waals surface area contributed by atoms with Crippen molar-refractivity contribution in [3.63, 3.8) is 0 Å². The van der Waals surface area contributed by atoms with Crippen molar-refractivity contribution < 1.29 is 14.7 Å². The molecule has 2 saturated carbocycles. The number of carboxylic acids is 1. The predicted molar refractivity (Wildman–Crippen MR) is 90.1 cm³/mol. The van der Waals surface area contributed by atoms with E-state index in [0.29, 0.717) is 0 Å². The Morgan fingerprint density at radius 2 is 1.39 bits per heavy atom. The molecule has 2 aliphatic rings. The Morgan fingerprint density at radius 1 is 0.870 bits per heavy atom. The average molecular weight is 363 g/mol. The van der Waals surface area contributed by atoms with Crippen molar-refractivity contribution in [2.24, 2.45) is 0 Å². The number of nitrogens with zero attached hydrogens (tertiary/aromatic N) is 1. The second kappa shape index (κ2) is 8.90. The van der Waals surface area contributed by atoms with E-state index in [2.05, 4.69) is 5.43 Å². The van der Waals surface area contributed by atoms with E-state index in [1.807, 2.05) is 0 Å². The summed E-state index contributed by atoms with van der Waals surface area (Å²) in [6.07, 6.45) is 10.6. The molecule has 0 aromatic rings. The molecular weight excluding hydrogens is 339 g/mol. The molecule has 0 saturated heterocycles. The van der Waals surface area contributed by atoms with Gasteiger partial charge in [-0.25, -0.2) is 10.2 Å². The first-order valence-electron chi connectivity index (χ1n) is 8.39. The molecule has 5 nitrogen and oxygen atoms in total. The molecule has 0 radical (unpaired) electrons. The lowest BCUT2D eigenvalue weighted by molar-refractivity contribution is -0.136. The van der Waals surface area contributed by atoms with Gasteiger partial charge in [0.2, 0.25) is 0 Å². The molecule has 0 aromatic heterocycles. The van der Waals surface area contributed by atoms with E-state index >= 15 is 0 Å². The number of carbonyl (C=O) groups is 2. The Bertz CT molecular complexity index is 470. The van der Waals surface area contributed by atoms with Gasteiger partial charge in [0.05, 0.1) is 0 Å². The fraction of sp³-hybridized carbons (Fsp3) is 0.750. The van der Waals surface area contributed by atoms with Gasteiger partial charge in [0.1, 0.15) is 10.1 Å². The molecule has 130 valence electrons. The van der Waals surface area contributed by atoms with Crippen LogP contribution in [-0.2, 0) is 9.59 Å². The lowest BCUT2D eigenvalue weighted by atomic mass is 9.94. The number of rotatable bonds is 5. The summed E-state index contributed by atoms with van der Waals surface area (Å²) in [5.41, 5.74) is 3.31. The van der Waals surface area contributed by atoms with Crippen LogP contribution in [0.15, 0.2) is 10.1 Å². The first kappa shape index (κ1) is 18.6. The molecule has 0 aliphatic heterocycles. The maximum atomic E-state index is 12.7. The summed E-state index contributed by atoms with van der Waals surface area (Å²) in [6.45, 7) is 0. The van der Waals surface area contributed by atoms with Crippen molar-refractivity contribution >= 4 is 35.1 Å². The zero-order chi connectivity index (χ0) is 16.8. The molecule has 2 fully saturated rings. The summed E-state index contributed by atoms with van der Waals surface area (Å²) in [6, 6.07) is 0.285. The van der Waals surface area contributed by atoms with Crippen LogP contribution in [0, 0.1) is 0 Å². The van der Waals surface area contributed by atoms with Crippen molar-refractivity contribution in [3.05, 3.63) is 10.1 Å². The highest BCUT2D eigenvalue weighted by atomic mass is 35.5. The summed E-state index contributed by atoms with van der Waals surface area (Å²) in [4.78, 5) is 23.7. The molecule has 1 amide bonds. The van der Waals surface area contributed by atoms with Gasteiger partial charge in [0, 0.05) is 12.1 Å². The van der Waals surface area contributed by atoms with Crippen molar-refractivity contribution in [1.29, 1.82) is 0 Å². The van der Waals surface area contributed by atoms with Crippen LogP contribution in [0.1, 0.15) is 64.2 Å². The van der Waals surface area contributed by atoms with Crippen LogP contribution >= 0.6 is 23.2 Å². The van der Waals surface area contributed by atoms with E-state index in [9.17, 15) is 9.59 Å². The lowest BCUT2D eigenvalue weighted by Crippen LogP contribution is -2.54. The number of carbonyl (C=O) groups excluding carboxylic acids is 1. The zero-order valence-corrected chi connectivity index (χ0v) is 14.7. The van der Waals surface area contributed by atoms with Crippen LogP contribution in [0.5, 0.6) is 0 Å². The van der Waals surface area contributed by atoms with Crippen molar-refractivity contribution in [2.75, 3.05) is 0 Å². The van der Waals surface area contributed by atoms with Crippen molar-refractivity contribution in [1.82, 2.24) is 10.4 Å². The van der Waals surface area contributed by atoms with E-state index < -0.39 is 21.9 Å². The van der Waals surface area contributed by atoms with Crippen LogP contribution in [-0.4, -0.2) is 34.1 Å². The molecule has 2 rings (SSSR count). The molecule has 2 aliphatic carbocycles. The average Bonchev–Trinajstić information content (AvgIpc) is 2.59. The van der Waals surface area contributed by atoms with E-state index in [1.54, 1.807) is 5.01 Å². The second-order valence-corrected chi connectivity index (χ2v) is 7.12. The van der Waals surface area contributed by atoms with E-state index in [4.69, 9.17) is 28.3 Å². The Labute approximate surface area is 147 Å². The molecule has 0 unspecified atom stereocenters. The summed E-state index contributed by atoms with van der Waals surface area (Å²) in [5.74, 6) is -1.91. The quantitative estimate of drug-likeness (QED) is 0.576. The molecule has 7 heteroatoms. The third-order valence-corrected chi connectivity index (χ3v) is 5.45.